The maximum Gasteiger partial charge on any atom is 0.261 e. The first-order valence-corrected chi connectivity index (χ1v) is 8.72. The molecule has 0 saturated carbocycles. The second-order valence-corrected chi connectivity index (χ2v) is 7.04. The molecule has 0 aliphatic heterocycles. The Labute approximate surface area is 136 Å². The number of hydrogen-bond acceptors (Lipinski definition) is 3. The molecule has 0 aromatic heterocycles. The fourth-order valence-electron chi connectivity index (χ4n) is 2.01. The zero-order valence-corrected chi connectivity index (χ0v) is 14.3. The molecule has 0 amide bonds. The highest BCUT2D eigenvalue weighted by Gasteiger charge is 2.17. The molecule has 22 heavy (non-hydrogen) atoms. The summed E-state index contributed by atoms with van der Waals surface area (Å²) in [5.74, 6) is 0.681. The standard InChI is InChI=1S/C16H18ClNO3S/c1-4-21-16-8-7-14(9-12(16)3)22(19,20)18-15-10-13(17)6-5-11(15)2/h5-10,18H,4H2,1-3H3. The molecule has 0 radical (unpaired) electrons. The predicted molar refractivity (Wildman–Crippen MR) is 89.3 cm³/mol. The number of hydrogen-bond donors (Lipinski definition) is 1. The summed E-state index contributed by atoms with van der Waals surface area (Å²) >= 11 is 5.92. The van der Waals surface area contributed by atoms with Crippen molar-refractivity contribution in [2.45, 2.75) is 25.7 Å². The summed E-state index contributed by atoms with van der Waals surface area (Å²) in [7, 11) is -3.67. The van der Waals surface area contributed by atoms with E-state index in [4.69, 9.17) is 16.3 Å². The van der Waals surface area contributed by atoms with Crippen LogP contribution in [-0.2, 0) is 10.0 Å². The molecule has 6 heteroatoms. The Balaban J connectivity index is 2.34. The number of sulfonamides is 1. The van der Waals surface area contributed by atoms with E-state index in [0.29, 0.717) is 23.1 Å². The molecule has 0 unspecified atom stereocenters. The van der Waals surface area contributed by atoms with Gasteiger partial charge in [0.2, 0.25) is 0 Å². The summed E-state index contributed by atoms with van der Waals surface area (Å²) in [4.78, 5) is 0.188. The first-order chi connectivity index (χ1) is 10.3. The van der Waals surface area contributed by atoms with Crippen molar-refractivity contribution >= 4 is 27.3 Å². The summed E-state index contributed by atoms with van der Waals surface area (Å²) in [5, 5.41) is 0.478. The normalized spacial score (nSPS) is 11.3. The third-order valence-electron chi connectivity index (χ3n) is 3.20. The van der Waals surface area contributed by atoms with Gasteiger partial charge in [-0.3, -0.25) is 4.72 Å². The van der Waals surface area contributed by atoms with Gasteiger partial charge < -0.3 is 4.74 Å². The fraction of sp³-hybridized carbons (Fsp3) is 0.250. The molecule has 0 aliphatic carbocycles. The van der Waals surface area contributed by atoms with E-state index < -0.39 is 10.0 Å². The van der Waals surface area contributed by atoms with Crippen molar-refractivity contribution in [3.05, 3.63) is 52.5 Å². The highest BCUT2D eigenvalue weighted by atomic mass is 35.5. The molecule has 0 atom stereocenters. The summed E-state index contributed by atoms with van der Waals surface area (Å²) in [6.45, 7) is 6.05. The number of anilines is 1. The van der Waals surface area contributed by atoms with E-state index in [2.05, 4.69) is 4.72 Å². The zero-order valence-electron chi connectivity index (χ0n) is 12.7. The number of rotatable bonds is 5. The number of halogens is 1. The van der Waals surface area contributed by atoms with E-state index in [1.54, 1.807) is 30.3 Å². The van der Waals surface area contributed by atoms with Crippen LogP contribution < -0.4 is 9.46 Å². The fourth-order valence-corrected chi connectivity index (χ4v) is 3.39. The molecule has 0 bridgehead atoms. The van der Waals surface area contributed by atoms with Gasteiger partial charge in [0.1, 0.15) is 5.75 Å². The van der Waals surface area contributed by atoms with Crippen LogP contribution in [0.5, 0.6) is 5.75 Å². The van der Waals surface area contributed by atoms with Gasteiger partial charge in [-0.2, -0.15) is 0 Å². The van der Waals surface area contributed by atoms with Crippen molar-refractivity contribution < 1.29 is 13.2 Å². The Morgan fingerprint density at radius 3 is 2.45 bits per heavy atom. The third kappa shape index (κ3) is 3.72. The maximum atomic E-state index is 12.5. The molecule has 0 saturated heterocycles. The number of nitrogens with one attached hydrogen (secondary N) is 1. The van der Waals surface area contributed by atoms with Gasteiger partial charge in [0.25, 0.3) is 10.0 Å². The summed E-state index contributed by atoms with van der Waals surface area (Å²) < 4.78 is 33.0. The molecule has 0 spiro atoms. The van der Waals surface area contributed by atoms with E-state index in [-0.39, 0.29) is 4.90 Å². The van der Waals surface area contributed by atoms with E-state index in [9.17, 15) is 8.42 Å². The van der Waals surface area contributed by atoms with E-state index >= 15 is 0 Å². The molecule has 0 heterocycles. The predicted octanol–water partition coefficient (Wildman–Crippen LogP) is 4.16. The highest BCUT2D eigenvalue weighted by Crippen LogP contribution is 2.26. The lowest BCUT2D eigenvalue weighted by atomic mass is 10.2. The molecule has 0 fully saturated rings. The Kier molecular flexibility index (Phi) is 4.98. The first-order valence-electron chi connectivity index (χ1n) is 6.86. The van der Waals surface area contributed by atoms with Crippen LogP contribution >= 0.6 is 11.6 Å². The molecule has 0 aliphatic rings. The van der Waals surface area contributed by atoms with Crippen LogP contribution in [0.25, 0.3) is 0 Å². The average Bonchev–Trinajstić information content (AvgIpc) is 2.45. The second-order valence-electron chi connectivity index (χ2n) is 4.93. The van der Waals surface area contributed by atoms with E-state index in [1.807, 2.05) is 20.8 Å². The lowest BCUT2D eigenvalue weighted by Gasteiger charge is -2.13. The molecule has 118 valence electrons. The van der Waals surface area contributed by atoms with Gasteiger partial charge in [0.05, 0.1) is 17.2 Å². The van der Waals surface area contributed by atoms with Gasteiger partial charge in [-0.15, -0.1) is 0 Å². The van der Waals surface area contributed by atoms with Crippen molar-refractivity contribution in [3.8, 4) is 5.75 Å². The molecular weight excluding hydrogens is 322 g/mol. The minimum atomic E-state index is -3.67. The third-order valence-corrected chi connectivity index (χ3v) is 4.80. The molecule has 4 nitrogen and oxygen atoms in total. The van der Waals surface area contributed by atoms with Gasteiger partial charge in [0.15, 0.2) is 0 Å². The van der Waals surface area contributed by atoms with Crippen molar-refractivity contribution in [1.82, 2.24) is 0 Å². The van der Waals surface area contributed by atoms with Gasteiger partial charge in [-0.1, -0.05) is 17.7 Å². The monoisotopic (exact) mass is 339 g/mol. The minimum absolute atomic E-state index is 0.188. The number of ether oxygens (including phenoxy) is 1. The summed E-state index contributed by atoms with van der Waals surface area (Å²) in [5.41, 5.74) is 2.04. The average molecular weight is 340 g/mol. The lowest BCUT2D eigenvalue weighted by Crippen LogP contribution is -2.14. The second kappa shape index (κ2) is 6.58. The Morgan fingerprint density at radius 1 is 1.09 bits per heavy atom. The number of aryl methyl sites for hydroxylation is 2. The van der Waals surface area contributed by atoms with Crippen LogP contribution in [0.3, 0.4) is 0 Å². The topological polar surface area (TPSA) is 55.4 Å². The Morgan fingerprint density at radius 2 is 1.82 bits per heavy atom. The SMILES string of the molecule is CCOc1ccc(S(=O)(=O)Nc2cc(Cl)ccc2C)cc1C. The van der Waals surface area contributed by atoms with Gasteiger partial charge in [0, 0.05) is 5.02 Å². The van der Waals surface area contributed by atoms with E-state index in [1.165, 1.54) is 6.07 Å². The van der Waals surface area contributed by atoms with Crippen molar-refractivity contribution in [2.75, 3.05) is 11.3 Å². The van der Waals surface area contributed by atoms with Gasteiger partial charge >= 0.3 is 0 Å². The van der Waals surface area contributed by atoms with Crippen LogP contribution in [0.1, 0.15) is 18.1 Å². The van der Waals surface area contributed by atoms with Crippen molar-refractivity contribution in [2.24, 2.45) is 0 Å². The first kappa shape index (κ1) is 16.6. The molecule has 2 aromatic carbocycles. The zero-order chi connectivity index (χ0) is 16.3. The minimum Gasteiger partial charge on any atom is -0.494 e. The summed E-state index contributed by atoms with van der Waals surface area (Å²) in [6, 6.07) is 9.86. The van der Waals surface area contributed by atoms with Crippen LogP contribution in [0.15, 0.2) is 41.3 Å². The Hall–Kier alpha value is -1.72. The molecule has 2 aromatic rings. The van der Waals surface area contributed by atoms with Crippen LogP contribution in [0.2, 0.25) is 5.02 Å². The molecule has 1 N–H and O–H groups in total. The van der Waals surface area contributed by atoms with Gasteiger partial charge in [-0.05, 0) is 62.2 Å². The smallest absolute Gasteiger partial charge is 0.261 e. The van der Waals surface area contributed by atoms with E-state index in [0.717, 1.165) is 11.1 Å². The van der Waals surface area contributed by atoms with Crippen LogP contribution in [-0.4, -0.2) is 15.0 Å². The molecule has 2 rings (SSSR count). The lowest BCUT2D eigenvalue weighted by molar-refractivity contribution is 0.337. The Bertz CT molecular complexity index is 788. The van der Waals surface area contributed by atoms with Gasteiger partial charge in [-0.25, -0.2) is 8.42 Å². The highest BCUT2D eigenvalue weighted by molar-refractivity contribution is 7.92. The largest absolute Gasteiger partial charge is 0.494 e. The quantitative estimate of drug-likeness (QED) is 0.890. The number of benzene rings is 2. The van der Waals surface area contributed by atoms with Crippen molar-refractivity contribution in [3.63, 3.8) is 0 Å². The maximum absolute atomic E-state index is 12.5. The summed E-state index contributed by atoms with van der Waals surface area (Å²) in [6.07, 6.45) is 0. The molecular formula is C16H18ClNO3S. The van der Waals surface area contributed by atoms with Crippen LogP contribution in [0.4, 0.5) is 5.69 Å². The van der Waals surface area contributed by atoms with Crippen LogP contribution in [0, 0.1) is 13.8 Å². The van der Waals surface area contributed by atoms with Crippen molar-refractivity contribution in [1.29, 1.82) is 0 Å².